The number of Topliss-reactive ketones (excluding diaryl/α,β-unsaturated/α-hetero) is 2. The number of fused-ring (bicyclic) bond motifs is 6. The van der Waals surface area contributed by atoms with E-state index < -0.39 is 11.8 Å². The van der Waals surface area contributed by atoms with Crippen molar-refractivity contribution in [2.45, 2.75) is 18.8 Å². The minimum atomic E-state index is -1.05. The maximum atomic E-state index is 14.3. The van der Waals surface area contributed by atoms with Gasteiger partial charge in [0.25, 0.3) is 0 Å². The average molecular weight is 589 g/mol. The van der Waals surface area contributed by atoms with Crippen LogP contribution in [0.15, 0.2) is 156 Å². The molecule has 0 N–H and O–H groups in total. The molecule has 2 atom stereocenters. The number of rotatable bonds is 6. The van der Waals surface area contributed by atoms with E-state index >= 15 is 0 Å². The number of carbonyl (C=O) groups excluding carboxylic acids is 2. The Morgan fingerprint density at radius 2 is 1.02 bits per heavy atom. The number of carbonyl (C=O) groups is 2. The normalized spacial score (nSPS) is 19.8. The Labute approximate surface area is 260 Å². The summed E-state index contributed by atoms with van der Waals surface area (Å²) in [6.07, 6.45) is -0.609. The number of anilines is 4. The number of ketones is 2. The molecule has 0 aliphatic carbocycles. The fourth-order valence-corrected chi connectivity index (χ4v) is 6.55. The second-order valence-electron chi connectivity index (χ2n) is 11.2. The van der Waals surface area contributed by atoms with Gasteiger partial charge < -0.3 is 0 Å². The molecule has 8 heteroatoms. The number of para-hydroxylation sites is 4. The van der Waals surface area contributed by atoms with Gasteiger partial charge in [0, 0.05) is 11.1 Å². The van der Waals surface area contributed by atoms with Gasteiger partial charge in [-0.25, -0.2) is 10.0 Å². The summed E-state index contributed by atoms with van der Waals surface area (Å²) in [5, 5.41) is 14.0. The van der Waals surface area contributed by atoms with E-state index in [-0.39, 0.29) is 17.4 Å². The summed E-state index contributed by atoms with van der Waals surface area (Å²) in [4.78, 5) is 32.6. The van der Waals surface area contributed by atoms with Gasteiger partial charge in [0.2, 0.25) is 23.2 Å². The van der Waals surface area contributed by atoms with Gasteiger partial charge in [-0.2, -0.15) is 0 Å². The molecule has 218 valence electrons. The van der Waals surface area contributed by atoms with Crippen LogP contribution in [0, 0.1) is 0 Å². The molecule has 5 aromatic rings. The summed E-state index contributed by atoms with van der Waals surface area (Å²) in [7, 11) is 0. The Bertz CT molecular complexity index is 1980. The van der Waals surface area contributed by atoms with Crippen molar-refractivity contribution in [1.29, 1.82) is 0 Å². The van der Waals surface area contributed by atoms with Crippen LogP contribution >= 0.6 is 0 Å². The number of amidine groups is 2. The van der Waals surface area contributed by atoms with E-state index in [1.54, 1.807) is 24.3 Å². The molecular weight excluding hydrogens is 560 g/mol. The van der Waals surface area contributed by atoms with Crippen molar-refractivity contribution in [3.05, 3.63) is 157 Å². The van der Waals surface area contributed by atoms with Gasteiger partial charge in [-0.1, -0.05) is 109 Å². The van der Waals surface area contributed by atoms with E-state index in [2.05, 4.69) is 6.92 Å². The van der Waals surface area contributed by atoms with Crippen molar-refractivity contribution in [3.63, 3.8) is 0 Å². The quantitative estimate of drug-likeness (QED) is 0.204. The summed E-state index contributed by atoms with van der Waals surface area (Å²) in [6, 6.07) is 45.9. The van der Waals surface area contributed by atoms with Crippen LogP contribution in [0.3, 0.4) is 0 Å². The predicted molar refractivity (Wildman–Crippen MR) is 178 cm³/mol. The third-order valence-electron chi connectivity index (χ3n) is 8.57. The zero-order valence-corrected chi connectivity index (χ0v) is 24.4. The minimum absolute atomic E-state index is 0.198. The number of hydrogen-bond acceptors (Lipinski definition) is 8. The Morgan fingerprint density at radius 1 is 0.556 bits per heavy atom. The van der Waals surface area contributed by atoms with Crippen LogP contribution in [-0.2, 0) is 0 Å². The highest BCUT2D eigenvalue weighted by Crippen LogP contribution is 2.52. The maximum Gasteiger partial charge on any atom is 0.230 e. The van der Waals surface area contributed by atoms with Gasteiger partial charge in [-0.3, -0.25) is 19.4 Å². The van der Waals surface area contributed by atoms with E-state index in [0.717, 1.165) is 22.7 Å². The van der Waals surface area contributed by atoms with Gasteiger partial charge in [-0.05, 0) is 43.3 Å². The van der Waals surface area contributed by atoms with Crippen LogP contribution in [0.2, 0.25) is 0 Å². The first kappa shape index (κ1) is 26.6. The highest BCUT2D eigenvalue weighted by Gasteiger charge is 2.64. The lowest BCUT2D eigenvalue weighted by molar-refractivity contribution is 0.105. The topological polar surface area (TPSA) is 71.8 Å². The smallest absolute Gasteiger partial charge is 0.230 e. The first-order chi connectivity index (χ1) is 22.1. The van der Waals surface area contributed by atoms with Gasteiger partial charge in [0.15, 0.2) is 11.8 Å². The highest BCUT2D eigenvalue weighted by atomic mass is 16.1. The zero-order valence-electron chi connectivity index (χ0n) is 24.4. The second kappa shape index (κ2) is 10.3. The third-order valence-corrected chi connectivity index (χ3v) is 8.57. The van der Waals surface area contributed by atoms with Gasteiger partial charge in [0.05, 0.1) is 22.7 Å². The molecule has 3 aliphatic heterocycles. The van der Waals surface area contributed by atoms with Crippen molar-refractivity contribution in [2.75, 3.05) is 19.8 Å². The standard InChI is InChI=1S/C37H28N6O2/c1-37-36-40(34(32(44)26-16-6-2-7-17-26)38-42(36)28-20-10-4-11-21-28)30-24-14-15-25-31(30)41(37)35(33(45)27-18-8-3-9-19-27)39-43(37)29-22-12-5-13-23-29/h2-25,36H,1H3/t36?,37-/m0/s1. The number of benzene rings is 5. The molecule has 1 unspecified atom stereocenters. The average Bonchev–Trinajstić information content (AvgIpc) is 3.67. The van der Waals surface area contributed by atoms with E-state index in [1.165, 1.54) is 0 Å². The first-order valence-electron chi connectivity index (χ1n) is 14.8. The summed E-state index contributed by atoms with van der Waals surface area (Å²) < 4.78 is 0. The molecule has 0 saturated carbocycles. The molecule has 0 aromatic heterocycles. The van der Waals surface area contributed by atoms with Gasteiger partial charge in [-0.15, -0.1) is 10.2 Å². The molecule has 0 saturated heterocycles. The molecule has 0 fully saturated rings. The number of hydrogen-bond donors (Lipinski definition) is 0. The summed E-state index contributed by atoms with van der Waals surface area (Å²) in [6.45, 7) is 2.06. The number of hydrazone groups is 2. The van der Waals surface area contributed by atoms with Crippen molar-refractivity contribution in [2.24, 2.45) is 10.2 Å². The monoisotopic (exact) mass is 588 g/mol. The molecule has 8 rings (SSSR count). The van der Waals surface area contributed by atoms with Crippen LogP contribution in [0.25, 0.3) is 0 Å². The Hall–Kier alpha value is -6.02. The highest BCUT2D eigenvalue weighted by molar-refractivity contribution is 6.53. The lowest BCUT2D eigenvalue weighted by Gasteiger charge is -2.54. The van der Waals surface area contributed by atoms with Crippen molar-refractivity contribution < 1.29 is 9.59 Å². The van der Waals surface area contributed by atoms with Crippen molar-refractivity contribution >= 4 is 46.0 Å². The lowest BCUT2D eigenvalue weighted by atomic mass is 9.94. The van der Waals surface area contributed by atoms with E-state index in [9.17, 15) is 9.59 Å². The van der Waals surface area contributed by atoms with E-state index in [1.807, 2.05) is 141 Å². The fraction of sp³-hybridized carbons (Fsp3) is 0.0811. The predicted octanol–water partition coefficient (Wildman–Crippen LogP) is 6.79. The van der Waals surface area contributed by atoms with E-state index in [0.29, 0.717) is 17.0 Å². The minimum Gasteiger partial charge on any atom is -0.293 e. The largest absolute Gasteiger partial charge is 0.293 e. The molecule has 3 aliphatic rings. The molecule has 0 bridgehead atoms. The molecule has 0 radical (unpaired) electrons. The fourth-order valence-electron chi connectivity index (χ4n) is 6.55. The Morgan fingerprint density at radius 3 is 1.60 bits per heavy atom. The zero-order chi connectivity index (χ0) is 30.5. The molecule has 8 nitrogen and oxygen atoms in total. The summed E-state index contributed by atoms with van der Waals surface area (Å²) in [5.41, 5.74) is 3.14. The summed E-state index contributed by atoms with van der Waals surface area (Å²) in [5.74, 6) is 0.181. The van der Waals surface area contributed by atoms with Crippen LogP contribution in [0.4, 0.5) is 22.7 Å². The second-order valence-corrected chi connectivity index (χ2v) is 11.2. The third kappa shape index (κ3) is 3.99. The SMILES string of the molecule is C[C@]12C3N(c4ccccc4)N=C(C(=O)c4ccccc4)N3c3ccccc3N1C(C(=O)c1ccccc1)=NN2c1ccccc1. The summed E-state index contributed by atoms with van der Waals surface area (Å²) >= 11 is 0. The van der Waals surface area contributed by atoms with Gasteiger partial charge >= 0.3 is 0 Å². The molecule has 3 heterocycles. The van der Waals surface area contributed by atoms with Crippen LogP contribution in [0.1, 0.15) is 27.6 Å². The Balaban J connectivity index is 1.39. The first-order valence-corrected chi connectivity index (χ1v) is 14.8. The van der Waals surface area contributed by atoms with Crippen LogP contribution in [-0.4, -0.2) is 35.1 Å². The maximum absolute atomic E-state index is 14.3. The molecule has 0 amide bonds. The van der Waals surface area contributed by atoms with Crippen molar-refractivity contribution in [3.8, 4) is 0 Å². The van der Waals surface area contributed by atoms with Crippen LogP contribution in [0.5, 0.6) is 0 Å². The molecular formula is C37H28N6O2. The Kier molecular flexibility index (Phi) is 6.09. The molecule has 0 spiro atoms. The van der Waals surface area contributed by atoms with Crippen molar-refractivity contribution in [1.82, 2.24) is 0 Å². The lowest BCUT2D eigenvalue weighted by Crippen LogP contribution is -2.72. The van der Waals surface area contributed by atoms with Crippen LogP contribution < -0.4 is 19.8 Å². The van der Waals surface area contributed by atoms with Gasteiger partial charge in [0.1, 0.15) is 0 Å². The van der Waals surface area contributed by atoms with E-state index in [4.69, 9.17) is 10.2 Å². The molecule has 45 heavy (non-hydrogen) atoms. The number of nitrogens with zero attached hydrogens (tertiary/aromatic N) is 6. The molecule has 5 aromatic carbocycles.